The van der Waals surface area contributed by atoms with Gasteiger partial charge in [0, 0.05) is 15.4 Å². The Balaban J connectivity index is 1.52. The number of benzene rings is 3. The van der Waals surface area contributed by atoms with E-state index in [1.165, 1.54) is 18.7 Å². The molecule has 2 N–H and O–H groups in total. The molecule has 0 heterocycles. The highest BCUT2D eigenvalue weighted by Gasteiger charge is 2.15. The molecule has 0 amide bonds. The van der Waals surface area contributed by atoms with Crippen LogP contribution in [0.25, 0.3) is 0 Å². The molecule has 7 heteroatoms. The molecule has 33 heavy (non-hydrogen) atoms. The lowest BCUT2D eigenvalue weighted by Gasteiger charge is -2.15. The third-order valence-corrected chi connectivity index (χ3v) is 5.91. The zero-order valence-electron chi connectivity index (χ0n) is 18.5. The van der Waals surface area contributed by atoms with Crippen molar-refractivity contribution in [3.05, 3.63) is 77.4 Å². The van der Waals surface area contributed by atoms with Crippen molar-refractivity contribution in [3.63, 3.8) is 0 Å². The van der Waals surface area contributed by atoms with Crippen LogP contribution in [0.3, 0.4) is 0 Å². The first-order valence-corrected chi connectivity index (χ1v) is 11.4. The lowest BCUT2D eigenvalue weighted by molar-refractivity contribution is 0.0696. The van der Waals surface area contributed by atoms with E-state index < -0.39 is 5.97 Å². The number of hydrogen-bond donors (Lipinski definition) is 2. The van der Waals surface area contributed by atoms with Crippen LogP contribution in [0.2, 0.25) is 0 Å². The Morgan fingerprint density at radius 1 is 0.879 bits per heavy atom. The second kappa shape index (κ2) is 11.4. The summed E-state index contributed by atoms with van der Waals surface area (Å²) in [5.41, 5.74) is 1.21. The van der Waals surface area contributed by atoms with Crippen molar-refractivity contribution in [2.75, 3.05) is 13.2 Å². The van der Waals surface area contributed by atoms with Crippen molar-refractivity contribution in [1.29, 1.82) is 0 Å². The van der Waals surface area contributed by atoms with E-state index in [0.717, 1.165) is 16.2 Å². The molecule has 0 spiro atoms. The van der Waals surface area contributed by atoms with Gasteiger partial charge in [0.15, 0.2) is 5.78 Å². The number of phenols is 1. The summed E-state index contributed by atoms with van der Waals surface area (Å²) in [4.78, 5) is 24.6. The minimum atomic E-state index is -0.941. The van der Waals surface area contributed by atoms with Crippen molar-refractivity contribution in [3.8, 4) is 17.2 Å². The highest BCUT2D eigenvalue weighted by atomic mass is 32.2. The van der Waals surface area contributed by atoms with Gasteiger partial charge in [0.2, 0.25) is 0 Å². The topological polar surface area (TPSA) is 93.1 Å². The van der Waals surface area contributed by atoms with Crippen LogP contribution in [0.4, 0.5) is 0 Å². The average Bonchev–Trinajstić information content (AvgIpc) is 2.80. The Morgan fingerprint density at radius 3 is 2.06 bits per heavy atom. The van der Waals surface area contributed by atoms with E-state index in [0.29, 0.717) is 42.3 Å². The maximum atomic E-state index is 11.7. The predicted molar refractivity (Wildman–Crippen MR) is 127 cm³/mol. The van der Waals surface area contributed by atoms with Gasteiger partial charge >= 0.3 is 5.97 Å². The zero-order chi connectivity index (χ0) is 23.8. The van der Waals surface area contributed by atoms with E-state index in [1.807, 2.05) is 31.2 Å². The Labute approximate surface area is 197 Å². The first-order valence-electron chi connectivity index (χ1n) is 10.6. The Bertz CT molecular complexity index is 1110. The molecule has 0 saturated carbocycles. The van der Waals surface area contributed by atoms with E-state index in [1.54, 1.807) is 36.4 Å². The van der Waals surface area contributed by atoms with Crippen LogP contribution in [0, 0.1) is 0 Å². The van der Waals surface area contributed by atoms with Crippen molar-refractivity contribution in [1.82, 2.24) is 0 Å². The van der Waals surface area contributed by atoms with Crippen LogP contribution in [-0.2, 0) is 6.42 Å². The number of carboxylic acids is 1. The second-order valence-corrected chi connectivity index (χ2v) is 8.49. The van der Waals surface area contributed by atoms with E-state index >= 15 is 0 Å². The summed E-state index contributed by atoms with van der Waals surface area (Å²) in [6, 6.07) is 17.6. The molecule has 0 aliphatic rings. The summed E-state index contributed by atoms with van der Waals surface area (Å²) < 4.78 is 11.6. The van der Waals surface area contributed by atoms with Gasteiger partial charge < -0.3 is 19.7 Å². The zero-order valence-corrected chi connectivity index (χ0v) is 19.4. The van der Waals surface area contributed by atoms with Crippen molar-refractivity contribution in [2.24, 2.45) is 0 Å². The number of carbonyl (C=O) groups is 2. The van der Waals surface area contributed by atoms with Gasteiger partial charge in [-0.15, -0.1) is 0 Å². The molecule has 0 bridgehead atoms. The number of rotatable bonds is 11. The first kappa shape index (κ1) is 24.2. The fraction of sp³-hybridized carbons (Fsp3) is 0.231. The van der Waals surface area contributed by atoms with Gasteiger partial charge in [0.1, 0.15) is 30.5 Å². The molecule has 0 atom stereocenters. The largest absolute Gasteiger partial charge is 0.507 e. The molecule has 3 aromatic carbocycles. The molecule has 0 fully saturated rings. The second-order valence-electron chi connectivity index (χ2n) is 7.34. The van der Waals surface area contributed by atoms with Gasteiger partial charge in [-0.25, -0.2) is 4.79 Å². The van der Waals surface area contributed by atoms with Gasteiger partial charge in [0.05, 0.1) is 11.1 Å². The smallest absolute Gasteiger partial charge is 0.335 e. The van der Waals surface area contributed by atoms with Crippen LogP contribution < -0.4 is 9.47 Å². The number of phenolic OH excluding ortho intramolecular Hbond substituents is 1. The molecule has 0 aliphatic carbocycles. The summed E-state index contributed by atoms with van der Waals surface area (Å²) in [7, 11) is 0. The maximum absolute atomic E-state index is 11.7. The fourth-order valence-electron chi connectivity index (χ4n) is 3.25. The maximum Gasteiger partial charge on any atom is 0.335 e. The molecule has 0 unspecified atom stereocenters. The molecular weight excluding hydrogens is 440 g/mol. The van der Waals surface area contributed by atoms with Crippen molar-refractivity contribution >= 4 is 23.5 Å². The molecule has 3 aromatic rings. The standard InChI is InChI=1S/C26H26O6S/c1-3-4-23-24(14-13-22(17(2)27)25(23)28)32-16-15-31-19-7-11-21(12-8-19)33-20-9-5-18(6-10-20)26(29)30/h5-14,28H,3-4,15-16H2,1-2H3,(H,29,30). The molecule has 6 nitrogen and oxygen atoms in total. The number of aromatic carboxylic acids is 1. The third-order valence-electron chi connectivity index (χ3n) is 4.89. The highest BCUT2D eigenvalue weighted by molar-refractivity contribution is 7.99. The molecule has 0 aromatic heterocycles. The highest BCUT2D eigenvalue weighted by Crippen LogP contribution is 2.33. The molecule has 0 radical (unpaired) electrons. The lowest BCUT2D eigenvalue weighted by Crippen LogP contribution is -2.10. The van der Waals surface area contributed by atoms with Gasteiger partial charge in [-0.2, -0.15) is 0 Å². The van der Waals surface area contributed by atoms with Crippen LogP contribution in [0.5, 0.6) is 17.2 Å². The van der Waals surface area contributed by atoms with Crippen molar-refractivity contribution < 1.29 is 29.3 Å². The Morgan fingerprint density at radius 2 is 1.48 bits per heavy atom. The number of hydrogen-bond acceptors (Lipinski definition) is 6. The molecule has 172 valence electrons. The number of carbonyl (C=O) groups excluding carboxylic acids is 1. The number of ketones is 1. The number of aromatic hydroxyl groups is 1. The molecular formula is C26H26O6S. The summed E-state index contributed by atoms with van der Waals surface area (Å²) in [5, 5.41) is 19.4. The van der Waals surface area contributed by atoms with Crippen LogP contribution in [0.1, 0.15) is 46.5 Å². The fourth-order valence-corrected chi connectivity index (χ4v) is 4.06. The monoisotopic (exact) mass is 466 g/mol. The minimum absolute atomic E-state index is 0.00606. The quantitative estimate of drug-likeness (QED) is 0.270. The van der Waals surface area contributed by atoms with Crippen molar-refractivity contribution in [2.45, 2.75) is 36.5 Å². The molecule has 3 rings (SSSR count). The lowest BCUT2D eigenvalue weighted by atomic mass is 10.0. The average molecular weight is 467 g/mol. The van der Waals surface area contributed by atoms with Gasteiger partial charge in [-0.1, -0.05) is 25.1 Å². The van der Waals surface area contributed by atoms with Crippen LogP contribution in [-0.4, -0.2) is 35.2 Å². The summed E-state index contributed by atoms with van der Waals surface area (Å²) >= 11 is 1.53. The van der Waals surface area contributed by atoms with E-state index in [4.69, 9.17) is 14.6 Å². The normalized spacial score (nSPS) is 10.6. The van der Waals surface area contributed by atoms with Gasteiger partial charge in [0.25, 0.3) is 0 Å². The summed E-state index contributed by atoms with van der Waals surface area (Å²) in [6.45, 7) is 4.05. The van der Waals surface area contributed by atoms with E-state index in [2.05, 4.69) is 0 Å². The number of carboxylic acid groups (broad SMARTS) is 1. The van der Waals surface area contributed by atoms with Crippen LogP contribution in [0.15, 0.2) is 70.5 Å². The van der Waals surface area contributed by atoms with Gasteiger partial charge in [-0.05, 0) is 74.0 Å². The SMILES string of the molecule is CCCc1c(OCCOc2ccc(Sc3ccc(C(=O)O)cc3)cc2)ccc(C(C)=O)c1O. The first-order chi connectivity index (χ1) is 15.9. The van der Waals surface area contributed by atoms with Crippen LogP contribution >= 0.6 is 11.8 Å². The Hall–Kier alpha value is -3.45. The number of Topliss-reactive ketones (excluding diaryl/α,β-unsaturated/α-hetero) is 1. The molecule has 0 aliphatic heterocycles. The minimum Gasteiger partial charge on any atom is -0.507 e. The third kappa shape index (κ3) is 6.52. The molecule has 0 saturated heterocycles. The predicted octanol–water partition coefficient (Wildman–Crippen LogP) is 5.85. The van der Waals surface area contributed by atoms with E-state index in [9.17, 15) is 14.7 Å². The van der Waals surface area contributed by atoms with Gasteiger partial charge in [-0.3, -0.25) is 4.79 Å². The Kier molecular flexibility index (Phi) is 8.38. The number of ether oxygens (including phenoxy) is 2. The summed E-state index contributed by atoms with van der Waals surface area (Å²) in [6.07, 6.45) is 1.43. The summed E-state index contributed by atoms with van der Waals surface area (Å²) in [5.74, 6) is 0.131. The van der Waals surface area contributed by atoms with E-state index in [-0.39, 0.29) is 17.1 Å².